The van der Waals surface area contributed by atoms with Crippen LogP contribution in [0.4, 0.5) is 5.82 Å². The van der Waals surface area contributed by atoms with Gasteiger partial charge in [-0.25, -0.2) is 4.98 Å². The van der Waals surface area contributed by atoms with Crippen LogP contribution >= 0.6 is 0 Å². The lowest BCUT2D eigenvalue weighted by Crippen LogP contribution is -2.32. The zero-order valence-electron chi connectivity index (χ0n) is 13.0. The van der Waals surface area contributed by atoms with Crippen molar-refractivity contribution in [2.75, 3.05) is 12.1 Å². The SMILES string of the molecule is CC[C@H](Oc1ccc2c(c1)OCO2)C(=O)Nc1ncccc1C. The van der Waals surface area contributed by atoms with Gasteiger partial charge in [-0.05, 0) is 37.1 Å². The van der Waals surface area contributed by atoms with E-state index in [0.717, 1.165) is 5.56 Å². The van der Waals surface area contributed by atoms with Crippen molar-refractivity contribution in [3.8, 4) is 17.2 Å². The summed E-state index contributed by atoms with van der Waals surface area (Å²) in [6.45, 7) is 3.99. The van der Waals surface area contributed by atoms with Crippen molar-refractivity contribution in [2.24, 2.45) is 0 Å². The summed E-state index contributed by atoms with van der Waals surface area (Å²) in [4.78, 5) is 16.6. The summed E-state index contributed by atoms with van der Waals surface area (Å²) < 4.78 is 16.4. The minimum absolute atomic E-state index is 0.204. The number of carbonyl (C=O) groups is 1. The number of nitrogens with zero attached hydrogens (tertiary/aromatic N) is 1. The minimum atomic E-state index is -0.614. The van der Waals surface area contributed by atoms with Crippen molar-refractivity contribution >= 4 is 11.7 Å². The van der Waals surface area contributed by atoms with E-state index >= 15 is 0 Å². The number of aromatic nitrogens is 1. The lowest BCUT2D eigenvalue weighted by molar-refractivity contribution is -0.122. The number of anilines is 1. The molecule has 1 amide bonds. The Balaban J connectivity index is 1.70. The van der Waals surface area contributed by atoms with Gasteiger partial charge in [-0.15, -0.1) is 0 Å². The molecule has 6 nitrogen and oxygen atoms in total. The number of aryl methyl sites for hydroxylation is 1. The molecular formula is C17H18N2O4. The predicted octanol–water partition coefficient (Wildman–Crippen LogP) is 2.91. The number of hydrogen-bond donors (Lipinski definition) is 1. The van der Waals surface area contributed by atoms with Crippen molar-refractivity contribution in [2.45, 2.75) is 26.4 Å². The Morgan fingerprint density at radius 1 is 1.35 bits per heavy atom. The zero-order valence-corrected chi connectivity index (χ0v) is 13.0. The quantitative estimate of drug-likeness (QED) is 0.919. The normalized spacial score (nSPS) is 13.5. The van der Waals surface area contributed by atoms with Gasteiger partial charge >= 0.3 is 0 Å². The number of carbonyl (C=O) groups excluding carboxylic acids is 1. The Morgan fingerprint density at radius 2 is 2.17 bits per heavy atom. The Morgan fingerprint density at radius 3 is 2.96 bits per heavy atom. The molecule has 1 aromatic carbocycles. The summed E-state index contributed by atoms with van der Waals surface area (Å²) in [5.41, 5.74) is 0.902. The van der Waals surface area contributed by atoms with Gasteiger partial charge < -0.3 is 19.5 Å². The van der Waals surface area contributed by atoms with Crippen LogP contribution in [0.1, 0.15) is 18.9 Å². The highest BCUT2D eigenvalue weighted by molar-refractivity contribution is 5.94. The minimum Gasteiger partial charge on any atom is -0.480 e. The second-order valence-corrected chi connectivity index (χ2v) is 5.19. The highest BCUT2D eigenvalue weighted by Gasteiger charge is 2.21. The number of pyridine rings is 1. The van der Waals surface area contributed by atoms with Crippen molar-refractivity contribution in [1.29, 1.82) is 0 Å². The second-order valence-electron chi connectivity index (χ2n) is 5.19. The first-order valence-electron chi connectivity index (χ1n) is 7.46. The number of hydrogen-bond acceptors (Lipinski definition) is 5. The van der Waals surface area contributed by atoms with Crippen LogP contribution in [0.3, 0.4) is 0 Å². The Hall–Kier alpha value is -2.76. The van der Waals surface area contributed by atoms with Crippen LogP contribution in [0.2, 0.25) is 0 Å². The van der Waals surface area contributed by atoms with Gasteiger partial charge in [0.15, 0.2) is 17.6 Å². The third-order valence-electron chi connectivity index (χ3n) is 3.54. The third kappa shape index (κ3) is 3.36. The predicted molar refractivity (Wildman–Crippen MR) is 84.9 cm³/mol. The number of nitrogens with one attached hydrogen (secondary N) is 1. The maximum atomic E-state index is 12.4. The van der Waals surface area contributed by atoms with Crippen molar-refractivity contribution in [3.63, 3.8) is 0 Å². The van der Waals surface area contributed by atoms with E-state index in [-0.39, 0.29) is 12.7 Å². The molecule has 23 heavy (non-hydrogen) atoms. The maximum Gasteiger partial charge on any atom is 0.266 e. The molecule has 6 heteroatoms. The largest absolute Gasteiger partial charge is 0.480 e. The van der Waals surface area contributed by atoms with Gasteiger partial charge in [0.1, 0.15) is 11.6 Å². The molecule has 0 fully saturated rings. The maximum absolute atomic E-state index is 12.4. The molecule has 2 aromatic rings. The van der Waals surface area contributed by atoms with Gasteiger partial charge in [-0.1, -0.05) is 13.0 Å². The molecule has 0 aliphatic carbocycles. The number of benzene rings is 1. The van der Waals surface area contributed by atoms with Crippen LogP contribution < -0.4 is 19.5 Å². The molecule has 2 heterocycles. The first-order valence-corrected chi connectivity index (χ1v) is 7.46. The van der Waals surface area contributed by atoms with E-state index in [0.29, 0.717) is 29.5 Å². The molecule has 0 saturated carbocycles. The topological polar surface area (TPSA) is 69.7 Å². The first-order chi connectivity index (χ1) is 11.2. The fourth-order valence-corrected chi connectivity index (χ4v) is 2.25. The van der Waals surface area contributed by atoms with E-state index in [1.165, 1.54) is 0 Å². The molecule has 0 saturated heterocycles. The average Bonchev–Trinajstić information content (AvgIpc) is 3.02. The van der Waals surface area contributed by atoms with Gasteiger partial charge in [0, 0.05) is 12.3 Å². The highest BCUT2D eigenvalue weighted by atomic mass is 16.7. The van der Waals surface area contributed by atoms with Crippen LogP contribution in [0, 0.1) is 6.92 Å². The van der Waals surface area contributed by atoms with Gasteiger partial charge in [-0.2, -0.15) is 0 Å². The smallest absolute Gasteiger partial charge is 0.266 e. The summed E-state index contributed by atoms with van der Waals surface area (Å²) in [7, 11) is 0. The molecular weight excluding hydrogens is 296 g/mol. The molecule has 1 aliphatic rings. The summed E-state index contributed by atoms with van der Waals surface area (Å²) in [5.74, 6) is 2.18. The molecule has 3 rings (SSSR count). The van der Waals surface area contributed by atoms with Crippen LogP contribution in [-0.4, -0.2) is 23.8 Å². The summed E-state index contributed by atoms with van der Waals surface area (Å²) in [6.07, 6.45) is 1.56. The van der Waals surface area contributed by atoms with Gasteiger partial charge in [-0.3, -0.25) is 4.79 Å². The Kier molecular flexibility index (Phi) is 4.32. The molecule has 1 atom stereocenters. The van der Waals surface area contributed by atoms with Gasteiger partial charge in [0.25, 0.3) is 5.91 Å². The zero-order chi connectivity index (χ0) is 16.2. The first kappa shape index (κ1) is 15.1. The monoisotopic (exact) mass is 314 g/mol. The van der Waals surface area contributed by atoms with E-state index in [9.17, 15) is 4.79 Å². The van der Waals surface area contributed by atoms with Crippen molar-refractivity contribution < 1.29 is 19.0 Å². The molecule has 0 bridgehead atoms. The second kappa shape index (κ2) is 6.56. The molecule has 0 unspecified atom stereocenters. The van der Waals surface area contributed by atoms with Crippen LogP contribution in [0.15, 0.2) is 36.5 Å². The lowest BCUT2D eigenvalue weighted by atomic mass is 10.2. The Labute approximate surface area is 134 Å². The van der Waals surface area contributed by atoms with E-state index < -0.39 is 6.10 Å². The average molecular weight is 314 g/mol. The summed E-state index contributed by atoms with van der Waals surface area (Å²) in [6, 6.07) is 8.97. The molecule has 1 aliphatic heterocycles. The number of amides is 1. The Bertz CT molecular complexity index is 717. The third-order valence-corrected chi connectivity index (χ3v) is 3.54. The fraction of sp³-hybridized carbons (Fsp3) is 0.294. The molecule has 1 N–H and O–H groups in total. The van der Waals surface area contributed by atoms with Crippen LogP contribution in [0.25, 0.3) is 0 Å². The number of fused-ring (bicyclic) bond motifs is 1. The summed E-state index contributed by atoms with van der Waals surface area (Å²) in [5, 5.41) is 2.80. The molecule has 1 aromatic heterocycles. The highest BCUT2D eigenvalue weighted by Crippen LogP contribution is 2.35. The number of ether oxygens (including phenoxy) is 3. The summed E-state index contributed by atoms with van der Waals surface area (Å²) >= 11 is 0. The van der Waals surface area contributed by atoms with Crippen LogP contribution in [0.5, 0.6) is 17.2 Å². The number of rotatable bonds is 5. The van der Waals surface area contributed by atoms with E-state index in [2.05, 4.69) is 10.3 Å². The molecule has 0 radical (unpaired) electrons. The van der Waals surface area contributed by atoms with E-state index in [1.54, 1.807) is 24.4 Å². The van der Waals surface area contributed by atoms with E-state index in [1.807, 2.05) is 26.0 Å². The fourth-order valence-electron chi connectivity index (χ4n) is 2.25. The molecule has 120 valence electrons. The standard InChI is InChI=1S/C17H18N2O4/c1-3-13(17(20)19-16-11(2)5-4-8-18-16)23-12-6-7-14-15(9-12)22-10-21-14/h4-9,13H,3,10H2,1-2H3,(H,18,19,20)/t13-/m0/s1. The molecule has 0 spiro atoms. The van der Waals surface area contributed by atoms with E-state index in [4.69, 9.17) is 14.2 Å². The van der Waals surface area contributed by atoms with Gasteiger partial charge in [0.2, 0.25) is 6.79 Å². The van der Waals surface area contributed by atoms with Crippen molar-refractivity contribution in [3.05, 3.63) is 42.1 Å². The van der Waals surface area contributed by atoms with Gasteiger partial charge in [0.05, 0.1) is 0 Å². The van der Waals surface area contributed by atoms with Crippen molar-refractivity contribution in [1.82, 2.24) is 4.98 Å². The lowest BCUT2D eigenvalue weighted by Gasteiger charge is -2.17. The van der Waals surface area contributed by atoms with Crippen LogP contribution in [-0.2, 0) is 4.79 Å².